The number of para-hydroxylation sites is 1. The van der Waals surface area contributed by atoms with E-state index in [-0.39, 0.29) is 17.9 Å². The maximum absolute atomic E-state index is 13.5. The van der Waals surface area contributed by atoms with Crippen molar-refractivity contribution in [3.63, 3.8) is 0 Å². The average Bonchev–Trinajstić information content (AvgIpc) is 3.46. The van der Waals surface area contributed by atoms with Gasteiger partial charge in [-0.15, -0.1) is 11.3 Å². The second kappa shape index (κ2) is 7.27. The number of carbonyl (C=O) groups excluding carboxylic acids is 2. The number of carbonyl (C=O) groups is 2. The fraction of sp³-hybridized carbons (Fsp3) is 0.217. The van der Waals surface area contributed by atoms with Crippen LogP contribution >= 0.6 is 11.3 Å². The third-order valence-corrected chi connectivity index (χ3v) is 6.56. The second-order valence-electron chi connectivity index (χ2n) is 7.34. The van der Waals surface area contributed by atoms with Crippen LogP contribution < -0.4 is 14.7 Å². The van der Waals surface area contributed by atoms with Gasteiger partial charge in [0.2, 0.25) is 5.91 Å². The minimum absolute atomic E-state index is 0.257. The average molecular weight is 420 g/mol. The van der Waals surface area contributed by atoms with Gasteiger partial charge < -0.3 is 4.74 Å². The molecule has 0 unspecified atom stereocenters. The molecule has 2 fully saturated rings. The van der Waals surface area contributed by atoms with Crippen LogP contribution in [0.15, 0.2) is 66.0 Å². The number of thiophene rings is 1. The zero-order valence-electron chi connectivity index (χ0n) is 16.5. The van der Waals surface area contributed by atoms with Crippen molar-refractivity contribution in [1.29, 1.82) is 0 Å². The third-order valence-electron chi connectivity index (χ3n) is 5.61. The minimum Gasteiger partial charge on any atom is -0.497 e. The number of fused-ring (bicyclic) bond motifs is 1. The smallest absolute Gasteiger partial charge is 0.266 e. The standard InChI is InChI=1S/C23H20N2O4S/c1-14-7-3-4-10-17(14)25-20(18-11-6-12-30-18)19-21(29-25)23(27)24(22(19)26)15-8-5-9-16(13-15)28-2/h3-13,19-21H,1-2H3/t19-,20+,21+/m0/s1. The first-order valence-corrected chi connectivity index (χ1v) is 10.5. The van der Waals surface area contributed by atoms with E-state index >= 15 is 0 Å². The van der Waals surface area contributed by atoms with Crippen LogP contribution in [0.1, 0.15) is 16.5 Å². The number of hydrogen-bond donors (Lipinski definition) is 0. The number of amides is 2. The molecular weight excluding hydrogens is 400 g/mol. The monoisotopic (exact) mass is 420 g/mol. The van der Waals surface area contributed by atoms with Crippen molar-refractivity contribution in [3.05, 3.63) is 76.5 Å². The molecule has 7 heteroatoms. The molecule has 5 rings (SSSR count). The highest BCUT2D eigenvalue weighted by Crippen LogP contribution is 2.49. The molecule has 1 aromatic heterocycles. The number of ether oxygens (including phenoxy) is 1. The Hall–Kier alpha value is -3.16. The molecule has 2 aliphatic heterocycles. The highest BCUT2D eigenvalue weighted by atomic mass is 32.1. The Morgan fingerprint density at radius 2 is 1.83 bits per heavy atom. The van der Waals surface area contributed by atoms with Gasteiger partial charge in [-0.05, 0) is 42.1 Å². The van der Waals surface area contributed by atoms with E-state index in [0.717, 1.165) is 16.1 Å². The number of methoxy groups -OCH3 is 1. The van der Waals surface area contributed by atoms with Gasteiger partial charge >= 0.3 is 0 Å². The SMILES string of the molecule is COc1cccc(N2C(=O)[C@H]3[C@@H](c4cccs4)N(c4ccccc4C)O[C@H]3C2=O)c1. The number of hydrogen-bond acceptors (Lipinski definition) is 6. The lowest BCUT2D eigenvalue weighted by Gasteiger charge is -2.29. The van der Waals surface area contributed by atoms with Crippen molar-refractivity contribution in [2.75, 3.05) is 17.1 Å². The Kier molecular flexibility index (Phi) is 4.56. The van der Waals surface area contributed by atoms with Gasteiger partial charge in [0.1, 0.15) is 17.7 Å². The van der Waals surface area contributed by atoms with Crippen molar-refractivity contribution in [1.82, 2.24) is 0 Å². The molecule has 0 bridgehead atoms. The molecule has 0 spiro atoms. The lowest BCUT2D eigenvalue weighted by Crippen LogP contribution is -2.37. The van der Waals surface area contributed by atoms with Gasteiger partial charge in [-0.1, -0.05) is 30.3 Å². The van der Waals surface area contributed by atoms with Crippen LogP contribution in [0.2, 0.25) is 0 Å². The predicted octanol–water partition coefficient (Wildman–Crippen LogP) is 4.12. The summed E-state index contributed by atoms with van der Waals surface area (Å²) in [5.41, 5.74) is 2.37. The van der Waals surface area contributed by atoms with Gasteiger partial charge in [-0.3, -0.25) is 14.4 Å². The van der Waals surface area contributed by atoms with E-state index in [9.17, 15) is 9.59 Å². The molecule has 152 valence electrons. The molecule has 3 atom stereocenters. The summed E-state index contributed by atoms with van der Waals surface area (Å²) in [4.78, 5) is 35.2. The summed E-state index contributed by atoms with van der Waals surface area (Å²) in [6.07, 6.45) is -0.865. The van der Waals surface area contributed by atoms with Gasteiger partial charge in [-0.2, -0.15) is 0 Å². The van der Waals surface area contributed by atoms with Crippen LogP contribution in [-0.2, 0) is 14.4 Å². The minimum atomic E-state index is -0.865. The summed E-state index contributed by atoms with van der Waals surface area (Å²) in [7, 11) is 1.55. The quantitative estimate of drug-likeness (QED) is 0.595. The Morgan fingerprint density at radius 3 is 2.57 bits per heavy atom. The van der Waals surface area contributed by atoms with Gasteiger partial charge in [0.15, 0.2) is 6.10 Å². The van der Waals surface area contributed by atoms with E-state index in [4.69, 9.17) is 9.57 Å². The number of rotatable bonds is 4. The van der Waals surface area contributed by atoms with Crippen molar-refractivity contribution in [2.45, 2.75) is 19.1 Å². The Balaban J connectivity index is 1.57. The van der Waals surface area contributed by atoms with Crippen molar-refractivity contribution in [3.8, 4) is 5.75 Å². The lowest BCUT2D eigenvalue weighted by atomic mass is 9.95. The summed E-state index contributed by atoms with van der Waals surface area (Å²) in [5.74, 6) is -0.645. The number of imide groups is 1. The highest BCUT2D eigenvalue weighted by Gasteiger charge is 2.60. The van der Waals surface area contributed by atoms with Crippen LogP contribution in [0.25, 0.3) is 0 Å². The molecule has 0 N–H and O–H groups in total. The van der Waals surface area contributed by atoms with Crippen LogP contribution in [0.4, 0.5) is 11.4 Å². The van der Waals surface area contributed by atoms with Crippen LogP contribution in [-0.4, -0.2) is 25.0 Å². The Morgan fingerprint density at radius 1 is 1.00 bits per heavy atom. The number of nitrogens with zero attached hydrogens (tertiary/aromatic N) is 2. The maximum atomic E-state index is 13.5. The molecule has 3 aromatic rings. The molecule has 0 aliphatic carbocycles. The summed E-state index contributed by atoms with van der Waals surface area (Å²) < 4.78 is 5.26. The fourth-order valence-electron chi connectivity index (χ4n) is 4.19. The van der Waals surface area contributed by atoms with Gasteiger partial charge in [0, 0.05) is 10.9 Å². The molecule has 2 amide bonds. The van der Waals surface area contributed by atoms with Crippen molar-refractivity contribution >= 4 is 34.5 Å². The first-order valence-electron chi connectivity index (χ1n) is 9.67. The molecule has 0 radical (unpaired) electrons. The molecule has 2 aliphatic rings. The largest absolute Gasteiger partial charge is 0.497 e. The van der Waals surface area contributed by atoms with E-state index in [2.05, 4.69) is 0 Å². The lowest BCUT2D eigenvalue weighted by molar-refractivity contribution is -0.126. The third kappa shape index (κ3) is 2.81. The first kappa shape index (κ1) is 18.8. The summed E-state index contributed by atoms with van der Waals surface area (Å²) in [5, 5.41) is 3.72. The molecular formula is C23H20N2O4S. The zero-order valence-corrected chi connectivity index (χ0v) is 17.3. The Bertz CT molecular complexity index is 1110. The normalized spacial score (nSPS) is 23.2. The fourth-order valence-corrected chi connectivity index (χ4v) is 5.04. The number of hydroxylamine groups is 1. The zero-order chi connectivity index (χ0) is 20.8. The van der Waals surface area contributed by atoms with E-state index in [0.29, 0.717) is 11.4 Å². The summed E-state index contributed by atoms with van der Waals surface area (Å²) in [6, 6.07) is 18.4. The number of benzene rings is 2. The molecule has 6 nitrogen and oxygen atoms in total. The van der Waals surface area contributed by atoms with Crippen LogP contribution in [0.5, 0.6) is 5.75 Å². The van der Waals surface area contributed by atoms with Crippen LogP contribution in [0.3, 0.4) is 0 Å². The van der Waals surface area contributed by atoms with E-state index in [1.165, 1.54) is 4.90 Å². The number of anilines is 2. The van der Waals surface area contributed by atoms with Gasteiger partial charge in [0.05, 0.1) is 18.5 Å². The number of aryl methyl sites for hydroxylation is 1. The Labute approximate surface area is 178 Å². The van der Waals surface area contributed by atoms with E-state index < -0.39 is 12.0 Å². The van der Waals surface area contributed by atoms with Gasteiger partial charge in [-0.25, -0.2) is 9.96 Å². The summed E-state index contributed by atoms with van der Waals surface area (Å²) >= 11 is 1.56. The summed E-state index contributed by atoms with van der Waals surface area (Å²) in [6.45, 7) is 1.99. The van der Waals surface area contributed by atoms with Crippen molar-refractivity contribution < 1.29 is 19.2 Å². The van der Waals surface area contributed by atoms with E-state index in [1.807, 2.05) is 48.7 Å². The molecule has 3 heterocycles. The molecule has 0 saturated carbocycles. The highest BCUT2D eigenvalue weighted by molar-refractivity contribution is 7.10. The topological polar surface area (TPSA) is 59.1 Å². The second-order valence-corrected chi connectivity index (χ2v) is 8.32. The van der Waals surface area contributed by atoms with Gasteiger partial charge in [0.25, 0.3) is 5.91 Å². The molecule has 2 saturated heterocycles. The van der Waals surface area contributed by atoms with Crippen molar-refractivity contribution in [2.24, 2.45) is 5.92 Å². The molecule has 30 heavy (non-hydrogen) atoms. The predicted molar refractivity (Wildman–Crippen MR) is 115 cm³/mol. The van der Waals surface area contributed by atoms with Crippen LogP contribution in [0, 0.1) is 12.8 Å². The maximum Gasteiger partial charge on any atom is 0.266 e. The van der Waals surface area contributed by atoms with E-state index in [1.54, 1.807) is 47.8 Å². The molecule has 2 aromatic carbocycles. The first-order chi connectivity index (χ1) is 14.6.